The molecule has 1 atom stereocenters. The van der Waals surface area contributed by atoms with Gasteiger partial charge in [0.2, 0.25) is 0 Å². The number of carbonyl (C=O) groups is 1. The van der Waals surface area contributed by atoms with E-state index in [-0.39, 0.29) is 12.0 Å². The second-order valence-electron chi connectivity index (χ2n) is 4.94. The third-order valence-corrected chi connectivity index (χ3v) is 4.42. The van der Waals surface area contributed by atoms with Gasteiger partial charge in [-0.2, -0.15) is 0 Å². The second-order valence-corrected chi connectivity index (χ2v) is 7.50. The molecule has 0 aliphatic carbocycles. The van der Waals surface area contributed by atoms with E-state index in [4.69, 9.17) is 10.7 Å². The van der Waals surface area contributed by atoms with E-state index < -0.39 is 37.1 Å². The highest BCUT2D eigenvalue weighted by atomic mass is 35.7. The Bertz CT molecular complexity index is 647. The van der Waals surface area contributed by atoms with Crippen molar-refractivity contribution in [2.45, 2.75) is 38.1 Å². The third kappa shape index (κ3) is 4.38. The van der Waals surface area contributed by atoms with Crippen LogP contribution < -0.4 is 5.32 Å². The van der Waals surface area contributed by atoms with Crippen molar-refractivity contribution < 1.29 is 22.0 Å². The van der Waals surface area contributed by atoms with Crippen molar-refractivity contribution in [1.82, 2.24) is 5.32 Å². The van der Waals surface area contributed by atoms with Gasteiger partial charge in [0.1, 0.15) is 0 Å². The van der Waals surface area contributed by atoms with Crippen LogP contribution in [0.4, 0.5) is 8.78 Å². The third-order valence-electron chi connectivity index (χ3n) is 3.09. The minimum atomic E-state index is -4.26. The number of amides is 1. The standard InChI is InChI=1S/C13H16ClF2NO3S/c1-4-11(7(2)3)17-13(18)9-5-8(21(14,19)20)6-10(15)12(9)16/h5-7,11H,4H2,1-3H3,(H,17,18). The first-order valence-electron chi connectivity index (χ1n) is 6.32. The van der Waals surface area contributed by atoms with Crippen LogP contribution in [0.25, 0.3) is 0 Å². The maximum atomic E-state index is 13.7. The lowest BCUT2D eigenvalue weighted by molar-refractivity contribution is 0.0919. The number of nitrogens with one attached hydrogen (secondary N) is 1. The molecular formula is C13H16ClF2NO3S. The highest BCUT2D eigenvalue weighted by Gasteiger charge is 2.23. The zero-order chi connectivity index (χ0) is 16.4. The van der Waals surface area contributed by atoms with Crippen LogP contribution in [0.2, 0.25) is 0 Å². The Labute approximate surface area is 126 Å². The largest absolute Gasteiger partial charge is 0.349 e. The molecule has 0 heterocycles. The van der Waals surface area contributed by atoms with Crippen LogP contribution in [0.15, 0.2) is 17.0 Å². The van der Waals surface area contributed by atoms with Crippen molar-refractivity contribution in [1.29, 1.82) is 0 Å². The molecule has 1 amide bonds. The fourth-order valence-corrected chi connectivity index (χ4v) is 2.63. The zero-order valence-electron chi connectivity index (χ0n) is 11.8. The van der Waals surface area contributed by atoms with Gasteiger partial charge in [-0.25, -0.2) is 17.2 Å². The summed E-state index contributed by atoms with van der Waals surface area (Å²) in [6.07, 6.45) is 0.598. The van der Waals surface area contributed by atoms with Crippen LogP contribution in [0.5, 0.6) is 0 Å². The second kappa shape index (κ2) is 6.70. The van der Waals surface area contributed by atoms with Crippen molar-refractivity contribution in [3.8, 4) is 0 Å². The van der Waals surface area contributed by atoms with E-state index in [0.717, 1.165) is 6.07 Å². The van der Waals surface area contributed by atoms with Crippen LogP contribution in [-0.4, -0.2) is 20.4 Å². The topological polar surface area (TPSA) is 63.2 Å². The minimum Gasteiger partial charge on any atom is -0.349 e. The molecule has 21 heavy (non-hydrogen) atoms. The molecule has 118 valence electrons. The number of benzene rings is 1. The highest BCUT2D eigenvalue weighted by molar-refractivity contribution is 8.13. The number of hydrogen-bond acceptors (Lipinski definition) is 3. The van der Waals surface area contributed by atoms with Crippen LogP contribution in [0.3, 0.4) is 0 Å². The Balaban J connectivity index is 3.24. The first-order valence-corrected chi connectivity index (χ1v) is 8.63. The summed E-state index contributed by atoms with van der Waals surface area (Å²) in [5.74, 6) is -3.64. The van der Waals surface area contributed by atoms with Gasteiger partial charge in [0.15, 0.2) is 11.6 Å². The minimum absolute atomic E-state index is 0.0896. The van der Waals surface area contributed by atoms with Gasteiger partial charge >= 0.3 is 0 Å². The molecule has 1 N–H and O–H groups in total. The summed E-state index contributed by atoms with van der Waals surface area (Å²) in [6.45, 7) is 5.57. The lowest BCUT2D eigenvalue weighted by Crippen LogP contribution is -2.38. The van der Waals surface area contributed by atoms with Crippen LogP contribution in [-0.2, 0) is 9.05 Å². The summed E-state index contributed by atoms with van der Waals surface area (Å²) in [5, 5.41) is 2.55. The van der Waals surface area contributed by atoms with Crippen molar-refractivity contribution in [2.75, 3.05) is 0 Å². The molecule has 4 nitrogen and oxygen atoms in total. The molecule has 0 spiro atoms. The van der Waals surface area contributed by atoms with Gasteiger partial charge in [-0.15, -0.1) is 0 Å². The summed E-state index contributed by atoms with van der Waals surface area (Å²) < 4.78 is 49.5. The van der Waals surface area contributed by atoms with E-state index in [1.807, 2.05) is 20.8 Å². The van der Waals surface area contributed by atoms with E-state index in [1.165, 1.54) is 0 Å². The molecule has 0 saturated carbocycles. The Morgan fingerprint density at radius 3 is 2.33 bits per heavy atom. The van der Waals surface area contributed by atoms with Gasteiger partial charge in [0.25, 0.3) is 15.0 Å². The maximum Gasteiger partial charge on any atom is 0.261 e. The van der Waals surface area contributed by atoms with Crippen molar-refractivity contribution in [2.24, 2.45) is 5.92 Å². The first kappa shape index (κ1) is 17.8. The van der Waals surface area contributed by atoms with Crippen molar-refractivity contribution >= 4 is 25.6 Å². The molecular weight excluding hydrogens is 324 g/mol. The molecule has 0 fully saturated rings. The van der Waals surface area contributed by atoms with Crippen molar-refractivity contribution in [3.05, 3.63) is 29.3 Å². The van der Waals surface area contributed by atoms with Gasteiger partial charge in [0, 0.05) is 16.7 Å². The average Bonchev–Trinajstić information content (AvgIpc) is 2.36. The van der Waals surface area contributed by atoms with Gasteiger partial charge < -0.3 is 5.32 Å². The highest BCUT2D eigenvalue weighted by Crippen LogP contribution is 2.22. The fraction of sp³-hybridized carbons (Fsp3) is 0.462. The SMILES string of the molecule is CCC(NC(=O)c1cc(S(=O)(=O)Cl)cc(F)c1F)C(C)C. The van der Waals surface area contributed by atoms with E-state index in [1.54, 1.807) is 0 Å². The lowest BCUT2D eigenvalue weighted by atomic mass is 10.0. The van der Waals surface area contributed by atoms with Gasteiger partial charge in [-0.05, 0) is 24.5 Å². The molecule has 8 heteroatoms. The quantitative estimate of drug-likeness (QED) is 0.839. The Morgan fingerprint density at radius 2 is 1.90 bits per heavy atom. The number of hydrogen-bond donors (Lipinski definition) is 1. The zero-order valence-corrected chi connectivity index (χ0v) is 13.4. The number of halogens is 3. The van der Waals surface area contributed by atoms with E-state index in [0.29, 0.717) is 12.5 Å². The Kier molecular flexibility index (Phi) is 5.69. The number of carbonyl (C=O) groups excluding carboxylic acids is 1. The fourth-order valence-electron chi connectivity index (χ4n) is 1.86. The summed E-state index contributed by atoms with van der Waals surface area (Å²) in [7, 11) is 0.831. The molecule has 0 radical (unpaired) electrons. The predicted molar refractivity (Wildman–Crippen MR) is 75.8 cm³/mol. The molecule has 1 rings (SSSR count). The van der Waals surface area contributed by atoms with Crippen LogP contribution >= 0.6 is 10.7 Å². The summed E-state index contributed by atoms with van der Waals surface area (Å²) in [6, 6.07) is 0.924. The molecule has 0 aromatic heterocycles. The average molecular weight is 340 g/mol. The Morgan fingerprint density at radius 1 is 1.33 bits per heavy atom. The van der Waals surface area contributed by atoms with Crippen molar-refractivity contribution in [3.63, 3.8) is 0 Å². The van der Waals surface area contributed by atoms with E-state index >= 15 is 0 Å². The van der Waals surface area contributed by atoms with Crippen LogP contribution in [0, 0.1) is 17.6 Å². The summed E-state index contributed by atoms with van der Waals surface area (Å²) in [4.78, 5) is 11.4. The lowest BCUT2D eigenvalue weighted by Gasteiger charge is -2.21. The molecule has 0 bridgehead atoms. The number of rotatable bonds is 5. The molecule has 1 unspecified atom stereocenters. The predicted octanol–water partition coefficient (Wildman–Crippen LogP) is 3.06. The molecule has 1 aromatic rings. The first-order chi connectivity index (χ1) is 9.57. The summed E-state index contributed by atoms with van der Waals surface area (Å²) >= 11 is 0. The smallest absolute Gasteiger partial charge is 0.261 e. The van der Waals surface area contributed by atoms with Gasteiger partial charge in [-0.1, -0.05) is 20.8 Å². The normalized spacial score (nSPS) is 13.3. The van der Waals surface area contributed by atoms with Gasteiger partial charge in [0.05, 0.1) is 10.5 Å². The molecule has 0 aliphatic heterocycles. The molecule has 0 aliphatic rings. The Hall–Kier alpha value is -1.21. The summed E-state index contributed by atoms with van der Waals surface area (Å²) in [5.41, 5.74) is -0.687. The maximum absolute atomic E-state index is 13.7. The van der Waals surface area contributed by atoms with E-state index in [9.17, 15) is 22.0 Å². The monoisotopic (exact) mass is 339 g/mol. The van der Waals surface area contributed by atoms with Gasteiger partial charge in [-0.3, -0.25) is 4.79 Å². The molecule has 0 saturated heterocycles. The molecule has 1 aromatic carbocycles. The van der Waals surface area contributed by atoms with Crippen LogP contribution in [0.1, 0.15) is 37.6 Å². The van der Waals surface area contributed by atoms with E-state index in [2.05, 4.69) is 5.32 Å².